The van der Waals surface area contributed by atoms with Crippen LogP contribution in [0, 0.1) is 5.41 Å². The van der Waals surface area contributed by atoms with E-state index in [1.54, 1.807) is 48.6 Å². The van der Waals surface area contributed by atoms with Crippen molar-refractivity contribution in [2.24, 2.45) is 5.73 Å². The van der Waals surface area contributed by atoms with Crippen LogP contribution in [0.1, 0.15) is 41.9 Å². The van der Waals surface area contributed by atoms with Gasteiger partial charge >= 0.3 is 6.03 Å². The quantitative estimate of drug-likeness (QED) is 0.202. The van der Waals surface area contributed by atoms with Gasteiger partial charge in [0.2, 0.25) is 5.91 Å². The third kappa shape index (κ3) is 7.21. The summed E-state index contributed by atoms with van der Waals surface area (Å²) in [5.41, 5.74) is 8.44. The second-order valence-corrected chi connectivity index (χ2v) is 9.34. The minimum Gasteiger partial charge on any atom is -0.330 e. The average molecular weight is 547 g/mol. The molecule has 2 aromatic carbocycles. The largest absolute Gasteiger partial charge is 0.330 e. The SMILES string of the molecule is C=Cc1ccc(NC(=O)C(CCN)c2ccc(Cl)c(Cl)c2)cc1C(=N)NC(=O)NC1=CCCC(Cl)=C1. The smallest absolute Gasteiger partial charge is 0.324 e. The Morgan fingerprint density at radius 3 is 2.56 bits per heavy atom. The summed E-state index contributed by atoms with van der Waals surface area (Å²) in [5, 5.41) is 17.9. The normalized spacial score (nSPS) is 13.7. The van der Waals surface area contributed by atoms with E-state index in [1.807, 2.05) is 6.08 Å². The standard InChI is InChI=1S/C26H26Cl3N5O2/c1-2-15-6-8-19(32-25(35)20(10-11-30)16-7-9-22(28)23(29)12-16)14-21(15)24(31)34-26(36)33-18-5-3-4-17(27)13-18/h2,5-9,12-14,20H,1,3-4,10-11,30H2,(H,32,35)(H3,31,33,34,36). The number of carbonyl (C=O) groups is 2. The summed E-state index contributed by atoms with van der Waals surface area (Å²) in [5.74, 6) is -1.01. The van der Waals surface area contributed by atoms with Gasteiger partial charge in [0.05, 0.1) is 16.0 Å². The molecule has 36 heavy (non-hydrogen) atoms. The molecule has 0 fully saturated rings. The Bertz CT molecular complexity index is 1260. The Morgan fingerprint density at radius 2 is 1.89 bits per heavy atom. The molecule has 2 aromatic rings. The van der Waals surface area contributed by atoms with E-state index in [-0.39, 0.29) is 11.7 Å². The topological polar surface area (TPSA) is 120 Å². The Kier molecular flexibility index (Phi) is 9.73. The molecule has 3 rings (SSSR count). The molecule has 10 heteroatoms. The predicted octanol–water partition coefficient (Wildman–Crippen LogP) is 6.13. The zero-order chi connectivity index (χ0) is 26.2. The van der Waals surface area contributed by atoms with Crippen molar-refractivity contribution >= 4 is 64.3 Å². The molecule has 1 aliphatic carbocycles. The van der Waals surface area contributed by atoms with Crippen molar-refractivity contribution in [1.82, 2.24) is 10.6 Å². The van der Waals surface area contributed by atoms with Crippen LogP contribution in [-0.4, -0.2) is 24.3 Å². The van der Waals surface area contributed by atoms with Crippen LogP contribution in [-0.2, 0) is 4.79 Å². The van der Waals surface area contributed by atoms with Crippen LogP contribution in [0.3, 0.4) is 0 Å². The lowest BCUT2D eigenvalue weighted by Gasteiger charge is -2.18. The number of halogens is 3. The van der Waals surface area contributed by atoms with Gasteiger partial charge in [-0.3, -0.25) is 15.5 Å². The summed E-state index contributed by atoms with van der Waals surface area (Å²) in [6.45, 7) is 4.06. The second-order valence-electron chi connectivity index (χ2n) is 8.04. The summed E-state index contributed by atoms with van der Waals surface area (Å²) in [6, 6.07) is 9.44. The summed E-state index contributed by atoms with van der Waals surface area (Å²) < 4.78 is 0. The molecule has 3 amide bonds. The number of amidine groups is 1. The van der Waals surface area contributed by atoms with Crippen LogP contribution in [0.4, 0.5) is 10.5 Å². The van der Waals surface area contributed by atoms with Gasteiger partial charge in [-0.25, -0.2) is 4.79 Å². The maximum atomic E-state index is 13.1. The molecule has 0 saturated carbocycles. The van der Waals surface area contributed by atoms with Gasteiger partial charge in [-0.05, 0) is 67.3 Å². The fourth-order valence-corrected chi connectivity index (χ4v) is 4.23. The van der Waals surface area contributed by atoms with E-state index in [0.717, 1.165) is 12.8 Å². The molecular weight excluding hydrogens is 521 g/mol. The average Bonchev–Trinajstić information content (AvgIpc) is 2.84. The van der Waals surface area contributed by atoms with Gasteiger partial charge in [-0.15, -0.1) is 0 Å². The van der Waals surface area contributed by atoms with E-state index < -0.39 is 11.9 Å². The number of benzene rings is 2. The summed E-state index contributed by atoms with van der Waals surface area (Å²) in [6.07, 6.45) is 6.93. The first-order chi connectivity index (χ1) is 17.2. The highest BCUT2D eigenvalue weighted by Gasteiger charge is 2.22. The number of nitrogens with two attached hydrogens (primary N) is 1. The van der Waals surface area contributed by atoms with Gasteiger partial charge in [0, 0.05) is 22.0 Å². The maximum Gasteiger partial charge on any atom is 0.324 e. The van der Waals surface area contributed by atoms with Gasteiger partial charge in [0.15, 0.2) is 0 Å². The van der Waals surface area contributed by atoms with Gasteiger partial charge < -0.3 is 16.4 Å². The van der Waals surface area contributed by atoms with Gasteiger partial charge in [0.25, 0.3) is 0 Å². The molecule has 1 unspecified atom stereocenters. The molecule has 0 aromatic heterocycles. The molecule has 6 N–H and O–H groups in total. The number of allylic oxidation sites excluding steroid dienone is 3. The van der Waals surface area contributed by atoms with Gasteiger partial charge in [-0.2, -0.15) is 0 Å². The molecule has 0 bridgehead atoms. The van der Waals surface area contributed by atoms with Crippen molar-refractivity contribution in [3.8, 4) is 0 Å². The zero-order valence-corrected chi connectivity index (χ0v) is 21.6. The number of carbonyl (C=O) groups excluding carboxylic acids is 2. The molecule has 188 valence electrons. The van der Waals surface area contributed by atoms with Gasteiger partial charge in [0.1, 0.15) is 5.84 Å². The van der Waals surface area contributed by atoms with Gasteiger partial charge in [-0.1, -0.05) is 65.7 Å². The fraction of sp³-hybridized carbons (Fsp3) is 0.192. The highest BCUT2D eigenvalue weighted by Crippen LogP contribution is 2.29. The molecule has 1 atom stereocenters. The number of amides is 3. The highest BCUT2D eigenvalue weighted by atomic mass is 35.5. The Balaban J connectivity index is 1.76. The summed E-state index contributed by atoms with van der Waals surface area (Å²) in [7, 11) is 0. The van der Waals surface area contributed by atoms with E-state index >= 15 is 0 Å². The fourth-order valence-electron chi connectivity index (χ4n) is 3.70. The monoisotopic (exact) mass is 545 g/mol. The van der Waals surface area contributed by atoms with Crippen LogP contribution in [0.2, 0.25) is 10.0 Å². The number of rotatable bonds is 8. The van der Waals surface area contributed by atoms with Crippen LogP contribution in [0.25, 0.3) is 6.08 Å². The molecular formula is C26H26Cl3N5O2. The van der Waals surface area contributed by atoms with E-state index in [0.29, 0.717) is 56.1 Å². The van der Waals surface area contributed by atoms with Crippen LogP contribution in [0.15, 0.2) is 65.9 Å². The maximum absolute atomic E-state index is 13.1. The Labute approximate surface area is 224 Å². The van der Waals surface area contributed by atoms with Crippen molar-refractivity contribution in [3.05, 3.63) is 92.6 Å². The molecule has 1 aliphatic rings. The van der Waals surface area contributed by atoms with Crippen molar-refractivity contribution in [1.29, 1.82) is 5.41 Å². The highest BCUT2D eigenvalue weighted by molar-refractivity contribution is 6.42. The third-order valence-corrected chi connectivity index (χ3v) is 6.52. The van der Waals surface area contributed by atoms with E-state index in [1.165, 1.54) is 0 Å². The Hall–Kier alpha value is -3.10. The van der Waals surface area contributed by atoms with Crippen LogP contribution >= 0.6 is 34.8 Å². The zero-order valence-electron chi connectivity index (χ0n) is 19.3. The predicted molar refractivity (Wildman–Crippen MR) is 148 cm³/mol. The van der Waals surface area contributed by atoms with Crippen molar-refractivity contribution < 1.29 is 9.59 Å². The van der Waals surface area contributed by atoms with E-state index in [9.17, 15) is 9.59 Å². The first-order valence-corrected chi connectivity index (χ1v) is 12.3. The number of hydrogen-bond donors (Lipinski definition) is 5. The number of anilines is 1. The van der Waals surface area contributed by atoms with Crippen molar-refractivity contribution in [3.63, 3.8) is 0 Å². The van der Waals surface area contributed by atoms with Crippen molar-refractivity contribution in [2.75, 3.05) is 11.9 Å². The Morgan fingerprint density at radius 1 is 1.11 bits per heavy atom. The number of nitrogens with one attached hydrogen (secondary N) is 4. The molecule has 0 aliphatic heterocycles. The molecule has 7 nitrogen and oxygen atoms in total. The lowest BCUT2D eigenvalue weighted by Crippen LogP contribution is -2.39. The lowest BCUT2D eigenvalue weighted by atomic mass is 9.94. The van der Waals surface area contributed by atoms with E-state index in [4.69, 9.17) is 45.9 Å². The molecule has 0 saturated heterocycles. The van der Waals surface area contributed by atoms with Crippen LogP contribution < -0.4 is 21.7 Å². The third-order valence-electron chi connectivity index (χ3n) is 5.48. The number of urea groups is 1. The number of hydrogen-bond acceptors (Lipinski definition) is 4. The minimum atomic E-state index is -0.582. The first kappa shape index (κ1) is 27.5. The van der Waals surface area contributed by atoms with Crippen molar-refractivity contribution in [2.45, 2.75) is 25.2 Å². The summed E-state index contributed by atoms with van der Waals surface area (Å²) in [4.78, 5) is 25.6. The molecule has 0 spiro atoms. The summed E-state index contributed by atoms with van der Waals surface area (Å²) >= 11 is 18.2. The van der Waals surface area contributed by atoms with E-state index in [2.05, 4.69) is 22.5 Å². The first-order valence-electron chi connectivity index (χ1n) is 11.2. The molecule has 0 heterocycles. The second kappa shape index (κ2) is 12.7. The van der Waals surface area contributed by atoms with Crippen LogP contribution in [0.5, 0.6) is 0 Å². The minimum absolute atomic E-state index is 0.159. The lowest BCUT2D eigenvalue weighted by molar-refractivity contribution is -0.117. The molecule has 0 radical (unpaired) electrons.